The zero-order valence-corrected chi connectivity index (χ0v) is 14.7. The van der Waals surface area contributed by atoms with Crippen LogP contribution in [0, 0.1) is 12.3 Å². The molecule has 2 N–H and O–H groups in total. The van der Waals surface area contributed by atoms with Crippen LogP contribution in [-0.2, 0) is 0 Å². The number of furan rings is 1. The first-order valence-electron chi connectivity index (χ1n) is 7.80. The van der Waals surface area contributed by atoms with Crippen molar-refractivity contribution >= 4 is 22.5 Å². The SMILES string of the molecule is Cc1ccc(C(NC(=O)Nc2nnc(C3CC3)s2)C(C)(C)C)o1. The molecule has 1 aliphatic rings. The van der Waals surface area contributed by atoms with E-state index in [0.717, 1.165) is 16.5 Å². The second-order valence-electron chi connectivity index (χ2n) is 7.07. The lowest BCUT2D eigenvalue weighted by atomic mass is 9.85. The lowest BCUT2D eigenvalue weighted by Gasteiger charge is -2.29. The normalized spacial score (nSPS) is 16.2. The molecule has 7 heteroatoms. The van der Waals surface area contributed by atoms with Crippen LogP contribution in [0.4, 0.5) is 9.93 Å². The Kier molecular flexibility index (Phi) is 4.14. The molecule has 2 aromatic rings. The molecule has 23 heavy (non-hydrogen) atoms. The fraction of sp³-hybridized carbons (Fsp3) is 0.562. The maximum absolute atomic E-state index is 12.3. The number of nitrogens with zero attached hydrogens (tertiary/aromatic N) is 2. The third-order valence-electron chi connectivity index (χ3n) is 3.77. The number of carbonyl (C=O) groups is 1. The van der Waals surface area contributed by atoms with Gasteiger partial charge in [0.15, 0.2) is 0 Å². The molecular formula is C16H22N4O2S. The second kappa shape index (κ2) is 5.96. The van der Waals surface area contributed by atoms with Crippen molar-refractivity contribution in [2.45, 2.75) is 52.5 Å². The summed E-state index contributed by atoms with van der Waals surface area (Å²) in [6.45, 7) is 8.08. The van der Waals surface area contributed by atoms with Gasteiger partial charge in [0.2, 0.25) is 5.13 Å². The first-order valence-corrected chi connectivity index (χ1v) is 8.62. The van der Waals surface area contributed by atoms with Crippen LogP contribution >= 0.6 is 11.3 Å². The molecule has 124 valence electrons. The summed E-state index contributed by atoms with van der Waals surface area (Å²) in [7, 11) is 0. The van der Waals surface area contributed by atoms with E-state index in [4.69, 9.17) is 4.42 Å². The van der Waals surface area contributed by atoms with Crippen molar-refractivity contribution < 1.29 is 9.21 Å². The maximum atomic E-state index is 12.3. The largest absolute Gasteiger partial charge is 0.464 e. The highest BCUT2D eigenvalue weighted by atomic mass is 32.1. The Bertz CT molecular complexity index is 697. The highest BCUT2D eigenvalue weighted by molar-refractivity contribution is 7.15. The number of anilines is 1. The van der Waals surface area contributed by atoms with E-state index in [1.807, 2.05) is 19.1 Å². The lowest BCUT2D eigenvalue weighted by Crippen LogP contribution is -2.38. The average molecular weight is 334 g/mol. The van der Waals surface area contributed by atoms with E-state index in [9.17, 15) is 4.79 Å². The molecule has 0 spiro atoms. The number of hydrogen-bond acceptors (Lipinski definition) is 5. The highest BCUT2D eigenvalue weighted by Crippen LogP contribution is 2.42. The maximum Gasteiger partial charge on any atom is 0.321 e. The Labute approximate surface area is 139 Å². The van der Waals surface area contributed by atoms with Crippen molar-refractivity contribution in [2.75, 3.05) is 5.32 Å². The van der Waals surface area contributed by atoms with Gasteiger partial charge in [-0.2, -0.15) is 0 Å². The molecular weight excluding hydrogens is 312 g/mol. The molecule has 0 aliphatic heterocycles. The van der Waals surface area contributed by atoms with E-state index in [2.05, 4.69) is 41.6 Å². The monoisotopic (exact) mass is 334 g/mol. The van der Waals surface area contributed by atoms with E-state index in [1.54, 1.807) is 0 Å². The molecule has 1 aliphatic carbocycles. The van der Waals surface area contributed by atoms with Crippen LogP contribution in [0.5, 0.6) is 0 Å². The van der Waals surface area contributed by atoms with Gasteiger partial charge < -0.3 is 9.73 Å². The molecule has 2 heterocycles. The number of aryl methyl sites for hydroxylation is 1. The van der Waals surface area contributed by atoms with Gasteiger partial charge in [-0.05, 0) is 37.3 Å². The molecule has 6 nitrogen and oxygen atoms in total. The zero-order valence-electron chi connectivity index (χ0n) is 13.8. The quantitative estimate of drug-likeness (QED) is 0.877. The summed E-state index contributed by atoms with van der Waals surface area (Å²) < 4.78 is 5.70. The smallest absolute Gasteiger partial charge is 0.321 e. The summed E-state index contributed by atoms with van der Waals surface area (Å²) in [5.74, 6) is 2.12. The average Bonchev–Trinajstić information content (AvgIpc) is 3.06. The minimum absolute atomic E-state index is 0.179. The van der Waals surface area contributed by atoms with Gasteiger partial charge in [0.1, 0.15) is 16.5 Å². The summed E-state index contributed by atoms with van der Waals surface area (Å²) in [6, 6.07) is 3.28. The van der Waals surface area contributed by atoms with Crippen molar-refractivity contribution in [1.29, 1.82) is 0 Å². The summed E-state index contributed by atoms with van der Waals surface area (Å²) in [4.78, 5) is 12.3. The van der Waals surface area contributed by atoms with Gasteiger partial charge in [0.25, 0.3) is 0 Å². The Morgan fingerprint density at radius 2 is 2.09 bits per heavy atom. The molecule has 3 rings (SSSR count). The second-order valence-corrected chi connectivity index (χ2v) is 8.07. The van der Waals surface area contributed by atoms with E-state index >= 15 is 0 Å². The van der Waals surface area contributed by atoms with Crippen molar-refractivity contribution in [3.63, 3.8) is 0 Å². The topological polar surface area (TPSA) is 80.0 Å². The van der Waals surface area contributed by atoms with Crippen molar-refractivity contribution in [1.82, 2.24) is 15.5 Å². The van der Waals surface area contributed by atoms with Gasteiger partial charge >= 0.3 is 6.03 Å². The van der Waals surface area contributed by atoms with Crippen LogP contribution in [0.3, 0.4) is 0 Å². The first-order chi connectivity index (χ1) is 10.8. The van der Waals surface area contributed by atoms with Crippen molar-refractivity contribution in [3.05, 3.63) is 28.7 Å². The molecule has 1 atom stereocenters. The van der Waals surface area contributed by atoms with Gasteiger partial charge in [-0.15, -0.1) is 10.2 Å². The van der Waals surface area contributed by atoms with E-state index < -0.39 is 0 Å². The van der Waals surface area contributed by atoms with Gasteiger partial charge in [0, 0.05) is 5.92 Å². The van der Waals surface area contributed by atoms with E-state index in [1.165, 1.54) is 24.2 Å². The summed E-state index contributed by atoms with van der Waals surface area (Å²) in [5, 5.41) is 15.5. The Morgan fingerprint density at radius 1 is 1.35 bits per heavy atom. The number of carbonyl (C=O) groups excluding carboxylic acids is 1. The van der Waals surface area contributed by atoms with Crippen LogP contribution in [0.2, 0.25) is 0 Å². The minimum Gasteiger partial charge on any atom is -0.464 e. The predicted molar refractivity (Wildman–Crippen MR) is 89.7 cm³/mol. The fourth-order valence-electron chi connectivity index (χ4n) is 2.37. The van der Waals surface area contributed by atoms with Gasteiger partial charge in [-0.3, -0.25) is 5.32 Å². The lowest BCUT2D eigenvalue weighted by molar-refractivity contribution is 0.215. The predicted octanol–water partition coefficient (Wildman–Crippen LogP) is 4.23. The first kappa shape index (κ1) is 16.0. The number of amides is 2. The Balaban J connectivity index is 1.67. The molecule has 2 aromatic heterocycles. The molecule has 0 aromatic carbocycles. The number of aromatic nitrogens is 2. The number of hydrogen-bond donors (Lipinski definition) is 2. The number of urea groups is 1. The Morgan fingerprint density at radius 3 is 2.65 bits per heavy atom. The van der Waals surface area contributed by atoms with Crippen LogP contribution in [0.15, 0.2) is 16.5 Å². The van der Waals surface area contributed by atoms with E-state index in [0.29, 0.717) is 11.0 Å². The fourth-order valence-corrected chi connectivity index (χ4v) is 3.28. The Hall–Kier alpha value is -1.89. The third kappa shape index (κ3) is 3.90. The van der Waals surface area contributed by atoms with Crippen LogP contribution < -0.4 is 10.6 Å². The minimum atomic E-state index is -0.294. The summed E-state index contributed by atoms with van der Waals surface area (Å²) in [5.41, 5.74) is -0.179. The molecule has 2 amide bonds. The number of rotatable bonds is 4. The zero-order chi connectivity index (χ0) is 16.6. The van der Waals surface area contributed by atoms with Gasteiger partial charge in [-0.1, -0.05) is 32.1 Å². The van der Waals surface area contributed by atoms with Crippen LogP contribution in [0.1, 0.15) is 62.1 Å². The van der Waals surface area contributed by atoms with E-state index in [-0.39, 0.29) is 17.5 Å². The molecule has 1 saturated carbocycles. The molecule has 0 bridgehead atoms. The summed E-state index contributed by atoms with van der Waals surface area (Å²) >= 11 is 1.45. The molecule has 1 fully saturated rings. The van der Waals surface area contributed by atoms with Crippen molar-refractivity contribution in [2.24, 2.45) is 5.41 Å². The molecule has 1 unspecified atom stereocenters. The molecule has 0 saturated heterocycles. The van der Waals surface area contributed by atoms with Gasteiger partial charge in [-0.25, -0.2) is 4.79 Å². The van der Waals surface area contributed by atoms with Gasteiger partial charge in [0.05, 0.1) is 6.04 Å². The standard InChI is InChI=1S/C16H22N4O2S/c1-9-5-8-11(22-9)12(16(2,3)4)17-14(21)18-15-20-19-13(23-15)10-6-7-10/h5,8,10,12H,6-7H2,1-4H3,(H2,17,18,20,21). The molecule has 0 radical (unpaired) electrons. The van der Waals surface area contributed by atoms with Crippen LogP contribution in [0.25, 0.3) is 0 Å². The van der Waals surface area contributed by atoms with Crippen molar-refractivity contribution in [3.8, 4) is 0 Å². The third-order valence-corrected chi connectivity index (χ3v) is 4.78. The summed E-state index contributed by atoms with van der Waals surface area (Å²) in [6.07, 6.45) is 2.34. The number of nitrogens with one attached hydrogen (secondary N) is 2. The van der Waals surface area contributed by atoms with Crippen LogP contribution in [-0.4, -0.2) is 16.2 Å². The highest BCUT2D eigenvalue weighted by Gasteiger charge is 2.31.